The highest BCUT2D eigenvalue weighted by atomic mass is 32.1. The van der Waals surface area contributed by atoms with Gasteiger partial charge < -0.3 is 15.2 Å². The van der Waals surface area contributed by atoms with Crippen LogP contribution in [0, 0.1) is 5.92 Å². The molecule has 1 saturated carbocycles. The van der Waals surface area contributed by atoms with Crippen LogP contribution in [0.15, 0.2) is 5.38 Å². The molecule has 0 bridgehead atoms. The number of esters is 1. The van der Waals surface area contributed by atoms with Gasteiger partial charge in [-0.3, -0.25) is 9.59 Å². The van der Waals surface area contributed by atoms with Crippen molar-refractivity contribution in [3.63, 3.8) is 0 Å². The summed E-state index contributed by atoms with van der Waals surface area (Å²) in [7, 11) is 1.33. The lowest BCUT2D eigenvalue weighted by Gasteiger charge is -2.33. The topological polar surface area (TPSA) is 106 Å². The van der Waals surface area contributed by atoms with Crippen LogP contribution < -0.4 is 5.32 Å². The van der Waals surface area contributed by atoms with E-state index in [9.17, 15) is 14.4 Å². The van der Waals surface area contributed by atoms with Crippen molar-refractivity contribution in [3.05, 3.63) is 16.1 Å². The molecule has 0 aliphatic heterocycles. The molecule has 2 rings (SSSR count). The fraction of sp³-hybridized carbons (Fsp3) is 0.455. The molecule has 0 aromatic carbocycles. The fourth-order valence-electron chi connectivity index (χ4n) is 1.82. The molecule has 1 amide bonds. The van der Waals surface area contributed by atoms with Gasteiger partial charge in [0.25, 0.3) is 5.91 Å². The number of thiazole rings is 1. The van der Waals surface area contributed by atoms with Gasteiger partial charge in [-0.1, -0.05) is 0 Å². The van der Waals surface area contributed by atoms with Crippen LogP contribution in [0.4, 0.5) is 0 Å². The van der Waals surface area contributed by atoms with Gasteiger partial charge in [0.15, 0.2) is 10.7 Å². The second-order valence-corrected chi connectivity index (χ2v) is 5.06. The number of rotatable bonds is 4. The van der Waals surface area contributed by atoms with Crippen LogP contribution in [0.2, 0.25) is 0 Å². The molecule has 0 unspecified atom stereocenters. The average Bonchev–Trinajstić information content (AvgIpc) is 2.81. The third-order valence-electron chi connectivity index (χ3n) is 2.93. The highest BCUT2D eigenvalue weighted by molar-refractivity contribution is 7.11. The van der Waals surface area contributed by atoms with Crippen LogP contribution in [-0.2, 0) is 9.53 Å². The number of hydrogen-bond acceptors (Lipinski definition) is 6. The summed E-state index contributed by atoms with van der Waals surface area (Å²) >= 11 is 0.979. The molecule has 1 heterocycles. The summed E-state index contributed by atoms with van der Waals surface area (Å²) in [5, 5.41) is 12.8. The Labute approximate surface area is 112 Å². The van der Waals surface area contributed by atoms with Crippen molar-refractivity contribution in [1.82, 2.24) is 10.3 Å². The van der Waals surface area contributed by atoms with Gasteiger partial charge in [0.1, 0.15) is 0 Å². The van der Waals surface area contributed by atoms with Crippen molar-refractivity contribution in [2.24, 2.45) is 5.92 Å². The lowest BCUT2D eigenvalue weighted by Crippen LogP contribution is -2.47. The zero-order valence-electron chi connectivity index (χ0n) is 10.1. The van der Waals surface area contributed by atoms with E-state index in [2.05, 4.69) is 15.0 Å². The van der Waals surface area contributed by atoms with E-state index < -0.39 is 11.9 Å². The second-order valence-electron chi connectivity index (χ2n) is 4.20. The van der Waals surface area contributed by atoms with E-state index in [0.717, 1.165) is 11.3 Å². The molecule has 1 aromatic rings. The largest absolute Gasteiger partial charge is 0.476 e. The van der Waals surface area contributed by atoms with Gasteiger partial charge in [-0.25, -0.2) is 9.78 Å². The van der Waals surface area contributed by atoms with Crippen LogP contribution in [-0.4, -0.2) is 41.1 Å². The molecular weight excluding hydrogens is 272 g/mol. The minimum absolute atomic E-state index is 0.0891. The Kier molecular flexibility index (Phi) is 3.79. The molecule has 0 radical (unpaired) electrons. The number of nitrogens with one attached hydrogen (secondary N) is 1. The van der Waals surface area contributed by atoms with E-state index >= 15 is 0 Å². The lowest BCUT2D eigenvalue weighted by molar-refractivity contribution is -0.149. The maximum Gasteiger partial charge on any atom is 0.355 e. The predicted molar refractivity (Wildman–Crippen MR) is 65.1 cm³/mol. The number of ether oxygens (including phenoxy) is 1. The molecule has 2 N–H and O–H groups in total. The highest BCUT2D eigenvalue weighted by Crippen LogP contribution is 2.28. The molecule has 1 aromatic heterocycles. The number of carbonyl (C=O) groups is 3. The van der Waals surface area contributed by atoms with Gasteiger partial charge in [0.05, 0.1) is 13.0 Å². The average molecular weight is 284 g/mol. The Balaban J connectivity index is 1.85. The molecule has 0 atom stereocenters. The smallest absolute Gasteiger partial charge is 0.355 e. The normalized spacial score (nSPS) is 21.3. The minimum atomic E-state index is -1.16. The van der Waals surface area contributed by atoms with Gasteiger partial charge in [0.2, 0.25) is 0 Å². The maximum absolute atomic E-state index is 11.8. The van der Waals surface area contributed by atoms with E-state index in [1.165, 1.54) is 12.5 Å². The summed E-state index contributed by atoms with van der Waals surface area (Å²) in [4.78, 5) is 37.3. The third-order valence-corrected chi connectivity index (χ3v) is 3.77. The van der Waals surface area contributed by atoms with E-state index in [1.807, 2.05) is 0 Å². The number of aromatic carboxylic acids is 1. The Morgan fingerprint density at radius 2 is 2.16 bits per heavy atom. The summed E-state index contributed by atoms with van der Waals surface area (Å²) in [6.45, 7) is 0. The number of aromatic nitrogens is 1. The lowest BCUT2D eigenvalue weighted by atomic mass is 9.80. The van der Waals surface area contributed by atoms with Crippen LogP contribution >= 0.6 is 11.3 Å². The molecule has 19 heavy (non-hydrogen) atoms. The predicted octanol–water partition coefficient (Wildman–Crippen LogP) is 0.523. The van der Waals surface area contributed by atoms with Crippen molar-refractivity contribution < 1.29 is 24.2 Å². The number of hydrogen-bond donors (Lipinski definition) is 2. The second kappa shape index (κ2) is 5.35. The molecule has 1 aliphatic carbocycles. The number of nitrogens with zero attached hydrogens (tertiary/aromatic N) is 1. The Hall–Kier alpha value is -1.96. The summed E-state index contributed by atoms with van der Waals surface area (Å²) in [5.74, 6) is -2.01. The highest BCUT2D eigenvalue weighted by Gasteiger charge is 2.36. The first-order chi connectivity index (χ1) is 9.01. The summed E-state index contributed by atoms with van der Waals surface area (Å²) < 4.78 is 4.59. The summed E-state index contributed by atoms with van der Waals surface area (Å²) in [5.41, 5.74) is -0.142. The van der Waals surface area contributed by atoms with Crippen molar-refractivity contribution in [2.45, 2.75) is 18.9 Å². The minimum Gasteiger partial charge on any atom is -0.476 e. The summed E-state index contributed by atoms with van der Waals surface area (Å²) in [6.07, 6.45) is 1.07. The fourth-order valence-corrected chi connectivity index (χ4v) is 2.51. The number of carboxylic acids is 1. The Morgan fingerprint density at radius 1 is 1.47 bits per heavy atom. The number of carboxylic acid groups (broad SMARTS) is 1. The van der Waals surface area contributed by atoms with Crippen LogP contribution in [0.25, 0.3) is 0 Å². The van der Waals surface area contributed by atoms with Crippen molar-refractivity contribution in [1.29, 1.82) is 0 Å². The van der Waals surface area contributed by atoms with Crippen molar-refractivity contribution >= 4 is 29.2 Å². The first kappa shape index (κ1) is 13.5. The SMILES string of the molecule is COC(=O)C1CC(NC(=O)c2nc(C(=O)O)cs2)C1. The molecule has 0 saturated heterocycles. The molecule has 1 aliphatic rings. The molecule has 7 nitrogen and oxygen atoms in total. The zero-order valence-corrected chi connectivity index (χ0v) is 10.9. The van der Waals surface area contributed by atoms with E-state index in [0.29, 0.717) is 12.8 Å². The quantitative estimate of drug-likeness (QED) is 0.781. The number of methoxy groups -OCH3 is 1. The standard InChI is InChI=1S/C11H12N2O5S/c1-18-11(17)5-2-6(3-5)12-8(14)9-13-7(4-19-9)10(15)16/h4-6H,2-3H2,1H3,(H,12,14)(H,15,16). The number of carbonyl (C=O) groups excluding carboxylic acids is 2. The monoisotopic (exact) mass is 284 g/mol. The summed E-state index contributed by atoms with van der Waals surface area (Å²) in [6, 6.07) is -0.0891. The first-order valence-corrected chi connectivity index (χ1v) is 6.46. The van der Waals surface area contributed by atoms with E-state index in [1.54, 1.807) is 0 Å². The molecule has 1 fully saturated rings. The molecule has 102 valence electrons. The van der Waals surface area contributed by atoms with E-state index in [4.69, 9.17) is 5.11 Å². The van der Waals surface area contributed by atoms with Gasteiger partial charge in [0, 0.05) is 11.4 Å². The van der Waals surface area contributed by atoms with Crippen LogP contribution in [0.1, 0.15) is 33.1 Å². The van der Waals surface area contributed by atoms with Gasteiger partial charge in [-0.05, 0) is 12.8 Å². The van der Waals surface area contributed by atoms with Gasteiger partial charge >= 0.3 is 11.9 Å². The zero-order chi connectivity index (χ0) is 14.0. The Bertz CT molecular complexity index is 521. The van der Waals surface area contributed by atoms with Crippen LogP contribution in [0.5, 0.6) is 0 Å². The first-order valence-electron chi connectivity index (χ1n) is 5.58. The Morgan fingerprint density at radius 3 is 2.68 bits per heavy atom. The molecular formula is C11H12N2O5S. The van der Waals surface area contributed by atoms with Gasteiger partial charge in [-0.15, -0.1) is 11.3 Å². The van der Waals surface area contributed by atoms with Crippen LogP contribution in [0.3, 0.4) is 0 Å². The van der Waals surface area contributed by atoms with Crippen molar-refractivity contribution in [2.75, 3.05) is 7.11 Å². The number of amides is 1. The molecule has 0 spiro atoms. The van der Waals surface area contributed by atoms with Crippen molar-refractivity contribution in [3.8, 4) is 0 Å². The van der Waals surface area contributed by atoms with Gasteiger partial charge in [-0.2, -0.15) is 0 Å². The third kappa shape index (κ3) is 2.90. The van der Waals surface area contributed by atoms with E-state index in [-0.39, 0.29) is 28.6 Å². The molecule has 8 heteroatoms. The maximum atomic E-state index is 11.8.